The molecule has 1 fully saturated rings. The number of hydrogen-bond acceptors (Lipinski definition) is 5. The van der Waals surface area contributed by atoms with Crippen LogP contribution in [0.2, 0.25) is 5.15 Å². The van der Waals surface area contributed by atoms with Crippen molar-refractivity contribution in [2.45, 2.75) is 39.2 Å². The van der Waals surface area contributed by atoms with Gasteiger partial charge in [-0.25, -0.2) is 15.0 Å². The topological polar surface area (TPSA) is 69.9 Å². The van der Waals surface area contributed by atoms with Crippen molar-refractivity contribution in [1.82, 2.24) is 19.5 Å². The van der Waals surface area contributed by atoms with Crippen LogP contribution in [0.4, 0.5) is 0 Å². The van der Waals surface area contributed by atoms with Crippen LogP contribution in [-0.4, -0.2) is 32.1 Å². The van der Waals surface area contributed by atoms with Gasteiger partial charge in [0.1, 0.15) is 11.3 Å². The number of fused-ring (bicyclic) bond motifs is 1. The number of carbonyl (C=O) groups is 1. The van der Waals surface area contributed by atoms with E-state index in [1.54, 1.807) is 13.3 Å². The third kappa shape index (κ3) is 2.60. The van der Waals surface area contributed by atoms with Crippen LogP contribution in [0.5, 0.6) is 0 Å². The van der Waals surface area contributed by atoms with Crippen LogP contribution in [0, 0.1) is 12.8 Å². The highest BCUT2D eigenvalue weighted by Gasteiger charge is 2.32. The Bertz CT molecular complexity index is 685. The van der Waals surface area contributed by atoms with Crippen molar-refractivity contribution in [2.24, 2.45) is 5.92 Å². The van der Waals surface area contributed by atoms with Crippen molar-refractivity contribution in [2.75, 3.05) is 6.61 Å². The van der Waals surface area contributed by atoms with Gasteiger partial charge < -0.3 is 9.30 Å². The number of esters is 1. The molecule has 6 nitrogen and oxygen atoms in total. The van der Waals surface area contributed by atoms with Crippen LogP contribution in [0.3, 0.4) is 0 Å². The average molecular weight is 309 g/mol. The van der Waals surface area contributed by atoms with E-state index in [4.69, 9.17) is 16.3 Å². The first-order valence-electron chi connectivity index (χ1n) is 7.13. The molecule has 3 rings (SSSR count). The fraction of sp³-hybridized carbons (Fsp3) is 0.571. The highest BCUT2D eigenvalue weighted by molar-refractivity contribution is 6.33. The molecule has 2 unspecified atom stereocenters. The van der Waals surface area contributed by atoms with Crippen LogP contribution >= 0.6 is 11.6 Å². The van der Waals surface area contributed by atoms with Crippen molar-refractivity contribution in [3.63, 3.8) is 0 Å². The van der Waals surface area contributed by atoms with Crippen LogP contribution in [0.15, 0.2) is 6.33 Å². The van der Waals surface area contributed by atoms with Crippen molar-refractivity contribution in [1.29, 1.82) is 0 Å². The minimum Gasteiger partial charge on any atom is -0.466 e. The number of aromatic nitrogens is 4. The molecule has 2 aromatic heterocycles. The maximum absolute atomic E-state index is 11.8. The third-order valence-corrected chi connectivity index (χ3v) is 4.17. The Hall–Kier alpha value is -1.69. The molecule has 0 saturated heterocycles. The molecule has 112 valence electrons. The number of carbonyl (C=O) groups excluding carboxylic acids is 1. The Morgan fingerprint density at radius 1 is 1.48 bits per heavy atom. The molecule has 0 aromatic carbocycles. The molecular weight excluding hydrogens is 292 g/mol. The highest BCUT2D eigenvalue weighted by Crippen LogP contribution is 2.37. The van der Waals surface area contributed by atoms with Crippen LogP contribution in [0.25, 0.3) is 11.2 Å². The Balaban J connectivity index is 1.87. The summed E-state index contributed by atoms with van der Waals surface area (Å²) in [6.45, 7) is 4.06. The van der Waals surface area contributed by atoms with Gasteiger partial charge in [-0.05, 0) is 33.1 Å². The van der Waals surface area contributed by atoms with Gasteiger partial charge in [0.05, 0.1) is 18.9 Å². The van der Waals surface area contributed by atoms with Crippen molar-refractivity contribution in [3.05, 3.63) is 17.3 Å². The molecule has 0 N–H and O–H groups in total. The quantitative estimate of drug-likeness (QED) is 0.644. The van der Waals surface area contributed by atoms with Gasteiger partial charge in [-0.2, -0.15) is 0 Å². The van der Waals surface area contributed by atoms with Gasteiger partial charge >= 0.3 is 5.97 Å². The third-order valence-electron chi connectivity index (χ3n) is 3.91. The highest BCUT2D eigenvalue weighted by atomic mass is 35.5. The van der Waals surface area contributed by atoms with E-state index in [0.29, 0.717) is 23.1 Å². The lowest BCUT2D eigenvalue weighted by molar-refractivity contribution is -0.147. The summed E-state index contributed by atoms with van der Waals surface area (Å²) in [6, 6.07) is 0.203. The summed E-state index contributed by atoms with van der Waals surface area (Å²) in [7, 11) is 0. The minimum atomic E-state index is -0.103. The molecule has 1 aliphatic carbocycles. The first-order valence-corrected chi connectivity index (χ1v) is 7.51. The number of hydrogen-bond donors (Lipinski definition) is 0. The van der Waals surface area contributed by atoms with E-state index in [9.17, 15) is 4.79 Å². The second-order valence-electron chi connectivity index (χ2n) is 5.30. The zero-order valence-electron chi connectivity index (χ0n) is 12.0. The maximum Gasteiger partial charge on any atom is 0.308 e. The summed E-state index contributed by atoms with van der Waals surface area (Å²) in [5, 5.41) is 0.371. The van der Waals surface area contributed by atoms with E-state index in [0.717, 1.165) is 24.9 Å². The van der Waals surface area contributed by atoms with Gasteiger partial charge in [0, 0.05) is 6.04 Å². The molecule has 21 heavy (non-hydrogen) atoms. The monoisotopic (exact) mass is 308 g/mol. The summed E-state index contributed by atoms with van der Waals surface area (Å²) >= 11 is 6.10. The Kier molecular flexibility index (Phi) is 3.80. The Labute approximate surface area is 127 Å². The summed E-state index contributed by atoms with van der Waals surface area (Å²) < 4.78 is 7.12. The van der Waals surface area contributed by atoms with Crippen molar-refractivity contribution >= 4 is 28.7 Å². The molecule has 0 spiro atoms. The Morgan fingerprint density at radius 2 is 2.29 bits per heavy atom. The molecule has 1 saturated carbocycles. The predicted molar refractivity (Wildman–Crippen MR) is 78.1 cm³/mol. The maximum atomic E-state index is 11.8. The van der Waals surface area contributed by atoms with E-state index in [1.807, 2.05) is 11.5 Å². The number of aryl methyl sites for hydroxylation is 1. The number of imidazole rings is 1. The van der Waals surface area contributed by atoms with E-state index in [2.05, 4.69) is 15.0 Å². The van der Waals surface area contributed by atoms with Crippen LogP contribution in [0.1, 0.15) is 38.1 Å². The second-order valence-corrected chi connectivity index (χ2v) is 5.66. The first-order chi connectivity index (χ1) is 10.1. The summed E-state index contributed by atoms with van der Waals surface area (Å²) in [4.78, 5) is 24.7. The van der Waals surface area contributed by atoms with Crippen LogP contribution < -0.4 is 0 Å². The van der Waals surface area contributed by atoms with E-state index >= 15 is 0 Å². The number of rotatable bonds is 3. The molecule has 1 aliphatic rings. The average Bonchev–Trinajstić information content (AvgIpc) is 3.04. The van der Waals surface area contributed by atoms with Gasteiger partial charge in [-0.3, -0.25) is 4.79 Å². The van der Waals surface area contributed by atoms with Crippen LogP contribution in [-0.2, 0) is 9.53 Å². The number of halogens is 1. The fourth-order valence-electron chi connectivity index (χ4n) is 2.94. The molecule has 7 heteroatoms. The zero-order valence-corrected chi connectivity index (χ0v) is 12.8. The normalized spacial score (nSPS) is 21.9. The first kappa shape index (κ1) is 14.3. The molecule has 2 aromatic rings. The van der Waals surface area contributed by atoms with Crippen molar-refractivity contribution < 1.29 is 9.53 Å². The second kappa shape index (κ2) is 5.60. The smallest absolute Gasteiger partial charge is 0.308 e. The molecule has 0 aliphatic heterocycles. The largest absolute Gasteiger partial charge is 0.466 e. The molecule has 0 bridgehead atoms. The SMILES string of the molecule is CCOC(=O)C1CCC(n2cnc3c(Cl)nc(C)nc32)C1. The predicted octanol–water partition coefficient (Wildman–Crippen LogP) is 2.69. The van der Waals surface area contributed by atoms with Gasteiger partial charge in [-0.1, -0.05) is 11.6 Å². The summed E-state index contributed by atoms with van der Waals surface area (Å²) in [5.74, 6) is 0.480. The fourth-order valence-corrected chi connectivity index (χ4v) is 3.19. The summed E-state index contributed by atoms with van der Waals surface area (Å²) in [6.07, 6.45) is 4.24. The zero-order chi connectivity index (χ0) is 15.0. The molecule has 2 heterocycles. The van der Waals surface area contributed by atoms with E-state index < -0.39 is 0 Å². The molecule has 2 atom stereocenters. The number of ether oxygens (including phenoxy) is 1. The lowest BCUT2D eigenvalue weighted by Gasteiger charge is -2.13. The van der Waals surface area contributed by atoms with Gasteiger partial charge in [0.25, 0.3) is 0 Å². The van der Waals surface area contributed by atoms with Crippen molar-refractivity contribution in [3.8, 4) is 0 Å². The van der Waals surface area contributed by atoms with Gasteiger partial charge in [0.15, 0.2) is 10.8 Å². The standard InChI is InChI=1S/C14H17ClN4O2/c1-3-21-14(20)9-4-5-10(6-9)19-7-16-11-12(15)17-8(2)18-13(11)19/h7,9-10H,3-6H2,1-2H3. The van der Waals surface area contributed by atoms with Gasteiger partial charge in [0.2, 0.25) is 0 Å². The van der Waals surface area contributed by atoms with E-state index in [1.165, 1.54) is 0 Å². The molecular formula is C14H17ClN4O2. The lowest BCUT2D eigenvalue weighted by atomic mass is 10.1. The summed E-state index contributed by atoms with van der Waals surface area (Å²) in [5.41, 5.74) is 1.35. The minimum absolute atomic E-state index is 0.0363. The molecule has 0 radical (unpaired) electrons. The lowest BCUT2D eigenvalue weighted by Crippen LogP contribution is -2.15. The van der Waals surface area contributed by atoms with Gasteiger partial charge in [-0.15, -0.1) is 0 Å². The molecule has 0 amide bonds. The Morgan fingerprint density at radius 3 is 3.05 bits per heavy atom. The number of nitrogens with zero attached hydrogens (tertiary/aromatic N) is 4. The van der Waals surface area contributed by atoms with E-state index in [-0.39, 0.29) is 17.9 Å².